The van der Waals surface area contributed by atoms with E-state index in [2.05, 4.69) is 41.5 Å². The maximum absolute atomic E-state index is 12.9. The molecule has 0 bridgehead atoms. The van der Waals surface area contributed by atoms with Crippen LogP contribution in [0.2, 0.25) is 0 Å². The lowest BCUT2D eigenvalue weighted by molar-refractivity contribution is -0.145. The van der Waals surface area contributed by atoms with E-state index >= 15 is 0 Å². The summed E-state index contributed by atoms with van der Waals surface area (Å²) in [5.41, 5.74) is 1.92. The summed E-state index contributed by atoms with van der Waals surface area (Å²) in [4.78, 5) is 25.8. The van der Waals surface area contributed by atoms with Crippen molar-refractivity contribution in [1.29, 1.82) is 0 Å². The summed E-state index contributed by atoms with van der Waals surface area (Å²) >= 11 is 0. The van der Waals surface area contributed by atoms with Crippen molar-refractivity contribution in [2.24, 2.45) is 17.8 Å². The fourth-order valence-electron chi connectivity index (χ4n) is 6.73. The third-order valence-corrected chi connectivity index (χ3v) is 10.5. The first-order chi connectivity index (χ1) is 21.7. The summed E-state index contributed by atoms with van der Waals surface area (Å²) in [6.45, 7) is 24.9. The molecule has 6 heteroatoms. The summed E-state index contributed by atoms with van der Waals surface area (Å²) in [5.74, 6) is 3.36. The third-order valence-electron chi connectivity index (χ3n) is 10.5. The van der Waals surface area contributed by atoms with Crippen molar-refractivity contribution in [2.75, 3.05) is 6.61 Å². The Morgan fingerprint density at radius 3 is 2.00 bits per heavy atom. The monoisotopic (exact) mass is 659 g/mol. The lowest BCUT2D eigenvalue weighted by Gasteiger charge is -2.38. The summed E-state index contributed by atoms with van der Waals surface area (Å²) in [6.07, 6.45) is 13.8. The van der Waals surface area contributed by atoms with Crippen LogP contribution in [0.1, 0.15) is 168 Å². The molecule has 1 aliphatic rings. The minimum absolute atomic E-state index is 0.0174. The molecule has 1 heterocycles. The van der Waals surface area contributed by atoms with Gasteiger partial charge in [-0.1, -0.05) is 72.6 Å². The van der Waals surface area contributed by atoms with Gasteiger partial charge in [0.1, 0.15) is 22.7 Å². The highest BCUT2D eigenvalue weighted by Gasteiger charge is 2.35. The second kappa shape index (κ2) is 18.2. The van der Waals surface area contributed by atoms with E-state index in [0.717, 1.165) is 65.0 Å². The zero-order valence-electron chi connectivity index (χ0n) is 32.3. The number of rotatable bonds is 21. The van der Waals surface area contributed by atoms with E-state index in [1.807, 2.05) is 13.8 Å². The highest BCUT2D eigenvalue weighted by molar-refractivity contribution is 5.89. The standard InChI is InChI=1S/C41H70O6/c1-28(2)16-13-17-29(3)18-14-19-30(4)20-15-24-41(12)25-23-34-33(7)37(31(5)32(6)38(34)47-41)46-36(43)22-21-35(42)40(10,11)45-27-26-39(8,9)44/h28-30,44H,13-27H2,1-12H3. The van der Waals surface area contributed by atoms with Crippen LogP contribution in [0.4, 0.5) is 0 Å². The second-order valence-electron chi connectivity index (χ2n) is 16.7. The molecule has 0 saturated carbocycles. The Kier molecular flexibility index (Phi) is 16.0. The predicted molar refractivity (Wildman–Crippen MR) is 194 cm³/mol. The molecule has 0 spiro atoms. The number of hydrogen-bond donors (Lipinski definition) is 1. The Hall–Kier alpha value is -1.92. The van der Waals surface area contributed by atoms with Crippen molar-refractivity contribution < 1.29 is 28.9 Å². The molecule has 0 fully saturated rings. The number of aliphatic hydroxyl groups is 1. The van der Waals surface area contributed by atoms with Crippen LogP contribution in [-0.2, 0) is 20.7 Å². The molecule has 270 valence electrons. The van der Waals surface area contributed by atoms with E-state index in [0.29, 0.717) is 12.2 Å². The van der Waals surface area contributed by atoms with E-state index in [1.165, 1.54) is 51.4 Å². The molecule has 1 aromatic carbocycles. The molecular weight excluding hydrogens is 588 g/mol. The molecule has 0 aliphatic carbocycles. The smallest absolute Gasteiger partial charge is 0.311 e. The Bertz CT molecular complexity index is 1160. The third kappa shape index (κ3) is 13.8. The van der Waals surface area contributed by atoms with E-state index in [-0.39, 0.29) is 30.8 Å². The predicted octanol–water partition coefficient (Wildman–Crippen LogP) is 10.3. The number of carbonyl (C=O) groups excluding carboxylic acids is 2. The Morgan fingerprint density at radius 1 is 0.851 bits per heavy atom. The van der Waals surface area contributed by atoms with Crippen LogP contribution in [0.25, 0.3) is 0 Å². The molecule has 3 unspecified atom stereocenters. The van der Waals surface area contributed by atoms with Crippen molar-refractivity contribution in [3.05, 3.63) is 22.3 Å². The lowest BCUT2D eigenvalue weighted by Crippen LogP contribution is -2.37. The molecule has 0 radical (unpaired) electrons. The van der Waals surface area contributed by atoms with Gasteiger partial charge in [-0.05, 0) is 122 Å². The van der Waals surface area contributed by atoms with Crippen molar-refractivity contribution in [2.45, 2.75) is 190 Å². The van der Waals surface area contributed by atoms with Crippen molar-refractivity contribution in [1.82, 2.24) is 0 Å². The van der Waals surface area contributed by atoms with Crippen LogP contribution < -0.4 is 9.47 Å². The minimum atomic E-state index is -1.03. The second-order valence-corrected chi connectivity index (χ2v) is 16.7. The number of fused-ring (bicyclic) bond motifs is 1. The average Bonchev–Trinajstić information content (AvgIpc) is 2.95. The minimum Gasteiger partial charge on any atom is -0.487 e. The van der Waals surface area contributed by atoms with Gasteiger partial charge in [-0.2, -0.15) is 0 Å². The van der Waals surface area contributed by atoms with Gasteiger partial charge in [-0.25, -0.2) is 0 Å². The molecule has 1 aliphatic heterocycles. The highest BCUT2D eigenvalue weighted by atomic mass is 16.5. The van der Waals surface area contributed by atoms with Crippen LogP contribution in [-0.4, -0.2) is 40.3 Å². The first kappa shape index (κ1) is 41.3. The Morgan fingerprint density at radius 2 is 1.43 bits per heavy atom. The summed E-state index contributed by atoms with van der Waals surface area (Å²) in [7, 11) is 0. The molecule has 1 N–H and O–H groups in total. The highest BCUT2D eigenvalue weighted by Crippen LogP contribution is 2.45. The zero-order chi connectivity index (χ0) is 35.6. The van der Waals surface area contributed by atoms with Gasteiger partial charge in [0.05, 0.1) is 18.6 Å². The fraction of sp³-hybridized carbons (Fsp3) is 0.805. The Balaban J connectivity index is 1.89. The van der Waals surface area contributed by atoms with Gasteiger partial charge in [0.15, 0.2) is 5.78 Å². The first-order valence-corrected chi connectivity index (χ1v) is 18.7. The number of ketones is 1. The zero-order valence-corrected chi connectivity index (χ0v) is 32.3. The van der Waals surface area contributed by atoms with Gasteiger partial charge in [-0.15, -0.1) is 0 Å². The number of Topliss-reactive ketones (excluding diaryl/α,β-unsaturated/α-hetero) is 1. The van der Waals surface area contributed by atoms with Gasteiger partial charge in [-0.3, -0.25) is 9.59 Å². The van der Waals surface area contributed by atoms with Crippen molar-refractivity contribution in [3.8, 4) is 11.5 Å². The van der Waals surface area contributed by atoms with Crippen LogP contribution in [0, 0.1) is 38.5 Å². The SMILES string of the molecule is Cc1c(C)c2c(c(C)c1OC(=O)CCC(=O)C(C)(C)OCCC(C)(C)O)CCC(C)(CCCC(C)CCCC(C)CCCC(C)C)O2. The molecule has 0 aromatic heterocycles. The summed E-state index contributed by atoms with van der Waals surface area (Å²) in [5, 5.41) is 9.92. The number of hydrogen-bond acceptors (Lipinski definition) is 6. The van der Waals surface area contributed by atoms with E-state index < -0.39 is 17.2 Å². The number of carbonyl (C=O) groups is 2. The van der Waals surface area contributed by atoms with Gasteiger partial charge in [0.25, 0.3) is 0 Å². The van der Waals surface area contributed by atoms with Gasteiger partial charge in [0, 0.05) is 12.0 Å². The summed E-state index contributed by atoms with van der Waals surface area (Å²) < 4.78 is 18.4. The van der Waals surface area contributed by atoms with E-state index in [9.17, 15) is 14.7 Å². The maximum atomic E-state index is 12.9. The first-order valence-electron chi connectivity index (χ1n) is 18.7. The molecule has 6 nitrogen and oxygen atoms in total. The van der Waals surface area contributed by atoms with Gasteiger partial charge >= 0.3 is 5.97 Å². The number of ether oxygens (including phenoxy) is 3. The molecule has 1 aromatic rings. The summed E-state index contributed by atoms with van der Waals surface area (Å²) in [6, 6.07) is 0. The van der Waals surface area contributed by atoms with Crippen molar-refractivity contribution >= 4 is 11.8 Å². The largest absolute Gasteiger partial charge is 0.487 e. The Labute approximate surface area is 288 Å². The molecule has 47 heavy (non-hydrogen) atoms. The van der Waals surface area contributed by atoms with E-state index in [1.54, 1.807) is 27.7 Å². The quantitative estimate of drug-likeness (QED) is 0.105. The van der Waals surface area contributed by atoms with Gasteiger partial charge < -0.3 is 19.3 Å². The normalized spacial score (nSPS) is 18.1. The average molecular weight is 659 g/mol. The van der Waals surface area contributed by atoms with Crippen LogP contribution in [0.3, 0.4) is 0 Å². The van der Waals surface area contributed by atoms with Crippen LogP contribution in [0.5, 0.6) is 11.5 Å². The lowest BCUT2D eigenvalue weighted by atomic mass is 9.83. The molecule has 0 saturated heterocycles. The van der Waals surface area contributed by atoms with Crippen molar-refractivity contribution in [3.63, 3.8) is 0 Å². The fourth-order valence-corrected chi connectivity index (χ4v) is 6.73. The van der Waals surface area contributed by atoms with Gasteiger partial charge in [0.2, 0.25) is 0 Å². The topological polar surface area (TPSA) is 82.1 Å². The van der Waals surface area contributed by atoms with Crippen LogP contribution >= 0.6 is 0 Å². The molecule has 2 rings (SSSR count). The molecule has 3 atom stereocenters. The van der Waals surface area contributed by atoms with Crippen LogP contribution in [0.15, 0.2) is 0 Å². The number of esters is 1. The van der Waals surface area contributed by atoms with E-state index in [4.69, 9.17) is 14.2 Å². The maximum Gasteiger partial charge on any atom is 0.311 e. The molecule has 0 amide bonds. The molecular formula is C41H70O6. The number of benzene rings is 1.